The van der Waals surface area contributed by atoms with Crippen LogP contribution in [0.3, 0.4) is 0 Å². The van der Waals surface area contributed by atoms with Crippen molar-refractivity contribution >= 4 is 17.3 Å². The molecule has 0 aliphatic carbocycles. The lowest BCUT2D eigenvalue weighted by atomic mass is 10.1. The Morgan fingerprint density at radius 1 is 1.26 bits per heavy atom. The topological polar surface area (TPSA) is 48.4 Å². The lowest BCUT2D eigenvalue weighted by molar-refractivity contribution is 0.0605. The molecule has 19 heavy (non-hydrogen) atoms. The first-order chi connectivity index (χ1) is 9.06. The smallest absolute Gasteiger partial charge is 0.349 e. The van der Waals surface area contributed by atoms with Gasteiger partial charge in [-0.3, -0.25) is 0 Å². The highest BCUT2D eigenvalue weighted by Gasteiger charge is 2.18. The summed E-state index contributed by atoms with van der Waals surface area (Å²) in [5.74, 6) is 0.400. The van der Waals surface area contributed by atoms with E-state index in [1.54, 1.807) is 14.0 Å². The molecule has 0 aliphatic rings. The summed E-state index contributed by atoms with van der Waals surface area (Å²) >= 11 is 1.32. The van der Waals surface area contributed by atoms with Crippen molar-refractivity contribution < 1.29 is 14.3 Å². The molecule has 1 aromatic heterocycles. The number of aryl methyl sites for hydroxylation is 2. The van der Waals surface area contributed by atoms with Gasteiger partial charge in [-0.15, -0.1) is 11.3 Å². The van der Waals surface area contributed by atoms with E-state index in [2.05, 4.69) is 4.98 Å². The molecule has 0 spiro atoms. The van der Waals surface area contributed by atoms with Gasteiger partial charge in [0.15, 0.2) is 0 Å². The fourth-order valence-corrected chi connectivity index (χ4v) is 2.78. The van der Waals surface area contributed by atoms with Crippen molar-refractivity contribution in [3.05, 3.63) is 34.3 Å². The molecule has 0 unspecified atom stereocenters. The molecular formula is C14H15NO3S. The number of rotatable bonds is 3. The molecular weight excluding hydrogens is 262 g/mol. The average molecular weight is 277 g/mol. The van der Waals surface area contributed by atoms with Gasteiger partial charge >= 0.3 is 5.97 Å². The first-order valence-electron chi connectivity index (χ1n) is 5.77. The summed E-state index contributed by atoms with van der Waals surface area (Å²) in [4.78, 5) is 16.6. The zero-order valence-electron chi connectivity index (χ0n) is 11.3. The molecule has 1 heterocycles. The second kappa shape index (κ2) is 5.40. The minimum Gasteiger partial charge on any atom is -0.496 e. The molecule has 0 N–H and O–H groups in total. The SMILES string of the molecule is COC(=O)c1sc(-c2ccc(C)cc2OC)nc1C. The number of hydrogen-bond acceptors (Lipinski definition) is 5. The molecule has 0 amide bonds. The Hall–Kier alpha value is -1.88. The first kappa shape index (κ1) is 13.5. The van der Waals surface area contributed by atoms with Gasteiger partial charge in [-0.1, -0.05) is 6.07 Å². The Morgan fingerprint density at radius 3 is 2.63 bits per heavy atom. The normalized spacial score (nSPS) is 10.3. The number of esters is 1. The molecule has 0 atom stereocenters. The molecule has 2 aromatic rings. The monoisotopic (exact) mass is 277 g/mol. The Morgan fingerprint density at radius 2 is 2.00 bits per heavy atom. The second-order valence-electron chi connectivity index (χ2n) is 4.13. The van der Waals surface area contributed by atoms with Crippen LogP contribution in [0.4, 0.5) is 0 Å². The third-order valence-electron chi connectivity index (χ3n) is 2.75. The van der Waals surface area contributed by atoms with Crippen LogP contribution in [0.5, 0.6) is 5.75 Å². The number of ether oxygens (including phenoxy) is 2. The van der Waals surface area contributed by atoms with E-state index in [-0.39, 0.29) is 5.97 Å². The Bertz CT molecular complexity index is 619. The van der Waals surface area contributed by atoms with E-state index in [0.29, 0.717) is 10.6 Å². The molecule has 0 saturated carbocycles. The molecule has 4 nitrogen and oxygen atoms in total. The van der Waals surface area contributed by atoms with Gasteiger partial charge < -0.3 is 9.47 Å². The lowest BCUT2D eigenvalue weighted by Crippen LogP contribution is -1.99. The van der Waals surface area contributed by atoms with Gasteiger partial charge in [0.1, 0.15) is 15.6 Å². The van der Waals surface area contributed by atoms with E-state index in [9.17, 15) is 4.79 Å². The number of benzene rings is 1. The fraction of sp³-hybridized carbons (Fsp3) is 0.286. The van der Waals surface area contributed by atoms with Crippen LogP contribution in [-0.4, -0.2) is 25.2 Å². The molecule has 1 aromatic carbocycles. The zero-order chi connectivity index (χ0) is 14.0. The number of nitrogens with zero attached hydrogens (tertiary/aromatic N) is 1. The maximum Gasteiger partial charge on any atom is 0.349 e. The number of thiazole rings is 1. The average Bonchev–Trinajstić information content (AvgIpc) is 2.79. The third-order valence-corrected chi connectivity index (χ3v) is 3.93. The number of methoxy groups -OCH3 is 2. The first-order valence-corrected chi connectivity index (χ1v) is 6.59. The molecule has 0 radical (unpaired) electrons. The van der Waals surface area contributed by atoms with Crippen LogP contribution >= 0.6 is 11.3 Å². The summed E-state index contributed by atoms with van der Waals surface area (Å²) in [5, 5.41) is 0.759. The Labute approximate surface area is 116 Å². The maximum absolute atomic E-state index is 11.6. The van der Waals surface area contributed by atoms with E-state index in [1.165, 1.54) is 18.4 Å². The summed E-state index contributed by atoms with van der Waals surface area (Å²) in [5.41, 5.74) is 2.67. The number of aromatic nitrogens is 1. The van der Waals surface area contributed by atoms with Gasteiger partial charge in [0.25, 0.3) is 0 Å². The minimum absolute atomic E-state index is 0.354. The van der Waals surface area contributed by atoms with Gasteiger partial charge in [0.05, 0.1) is 25.5 Å². The van der Waals surface area contributed by atoms with Crippen molar-refractivity contribution in [3.63, 3.8) is 0 Å². The van der Waals surface area contributed by atoms with Crippen molar-refractivity contribution in [2.24, 2.45) is 0 Å². The Kier molecular flexibility index (Phi) is 3.85. The van der Waals surface area contributed by atoms with E-state index in [4.69, 9.17) is 9.47 Å². The Balaban J connectivity index is 2.51. The summed E-state index contributed by atoms with van der Waals surface area (Å²) in [6.45, 7) is 3.80. The van der Waals surface area contributed by atoms with Crippen molar-refractivity contribution in [3.8, 4) is 16.3 Å². The minimum atomic E-state index is -0.354. The highest BCUT2D eigenvalue weighted by atomic mass is 32.1. The maximum atomic E-state index is 11.6. The second-order valence-corrected chi connectivity index (χ2v) is 5.13. The van der Waals surface area contributed by atoms with Crippen molar-refractivity contribution in [2.75, 3.05) is 14.2 Å². The number of carbonyl (C=O) groups is 1. The fourth-order valence-electron chi connectivity index (χ4n) is 1.77. The third kappa shape index (κ3) is 2.61. The van der Waals surface area contributed by atoms with Gasteiger partial charge in [0, 0.05) is 0 Å². The van der Waals surface area contributed by atoms with Gasteiger partial charge in [-0.2, -0.15) is 0 Å². The summed E-state index contributed by atoms with van der Waals surface area (Å²) in [6.07, 6.45) is 0. The molecule has 0 saturated heterocycles. The van der Waals surface area contributed by atoms with Gasteiger partial charge in [0.2, 0.25) is 0 Å². The van der Waals surface area contributed by atoms with Crippen LogP contribution in [-0.2, 0) is 4.74 Å². The molecule has 2 rings (SSSR count). The molecule has 0 bridgehead atoms. The summed E-state index contributed by atoms with van der Waals surface area (Å²) in [6, 6.07) is 5.89. The summed E-state index contributed by atoms with van der Waals surface area (Å²) in [7, 11) is 2.99. The standard InChI is InChI=1S/C14H15NO3S/c1-8-5-6-10(11(7-8)17-3)13-15-9(2)12(19-13)14(16)18-4/h5-7H,1-4H3. The molecule has 0 aliphatic heterocycles. The number of hydrogen-bond donors (Lipinski definition) is 0. The van der Waals surface area contributed by atoms with Crippen LogP contribution in [0, 0.1) is 13.8 Å². The highest BCUT2D eigenvalue weighted by molar-refractivity contribution is 7.17. The van der Waals surface area contributed by atoms with E-state index >= 15 is 0 Å². The van der Waals surface area contributed by atoms with Crippen LogP contribution < -0.4 is 4.74 Å². The van der Waals surface area contributed by atoms with Crippen LogP contribution in [0.1, 0.15) is 20.9 Å². The zero-order valence-corrected chi connectivity index (χ0v) is 12.1. The summed E-state index contributed by atoms with van der Waals surface area (Å²) < 4.78 is 10.1. The molecule has 0 fully saturated rings. The van der Waals surface area contributed by atoms with E-state index in [1.807, 2.05) is 25.1 Å². The van der Waals surface area contributed by atoms with Crippen molar-refractivity contribution in [1.82, 2.24) is 4.98 Å². The molecule has 100 valence electrons. The number of carbonyl (C=O) groups excluding carboxylic acids is 1. The predicted molar refractivity (Wildman–Crippen MR) is 74.9 cm³/mol. The van der Waals surface area contributed by atoms with Crippen molar-refractivity contribution in [2.45, 2.75) is 13.8 Å². The highest BCUT2D eigenvalue weighted by Crippen LogP contribution is 2.35. The van der Waals surface area contributed by atoms with Gasteiger partial charge in [-0.05, 0) is 31.5 Å². The van der Waals surface area contributed by atoms with Gasteiger partial charge in [-0.25, -0.2) is 9.78 Å². The van der Waals surface area contributed by atoms with Crippen LogP contribution in [0.15, 0.2) is 18.2 Å². The van der Waals surface area contributed by atoms with Crippen molar-refractivity contribution in [1.29, 1.82) is 0 Å². The lowest BCUT2D eigenvalue weighted by Gasteiger charge is -2.06. The largest absolute Gasteiger partial charge is 0.496 e. The predicted octanol–water partition coefficient (Wildman–Crippen LogP) is 3.22. The molecule has 5 heteroatoms. The van der Waals surface area contributed by atoms with Crippen LogP contribution in [0.25, 0.3) is 10.6 Å². The van der Waals surface area contributed by atoms with Crippen LogP contribution in [0.2, 0.25) is 0 Å². The quantitative estimate of drug-likeness (QED) is 0.808. The van der Waals surface area contributed by atoms with E-state index < -0.39 is 0 Å². The van der Waals surface area contributed by atoms with E-state index in [0.717, 1.165) is 21.9 Å².